The number of piperazine rings is 1. The van der Waals surface area contributed by atoms with Gasteiger partial charge in [0.05, 0.1) is 7.11 Å². The molecule has 0 spiro atoms. The summed E-state index contributed by atoms with van der Waals surface area (Å²) in [6, 6.07) is 16.5. The van der Waals surface area contributed by atoms with E-state index >= 15 is 0 Å². The fourth-order valence-electron chi connectivity index (χ4n) is 4.06. The Bertz CT molecular complexity index is 804. The van der Waals surface area contributed by atoms with Crippen LogP contribution >= 0.6 is 24.8 Å². The van der Waals surface area contributed by atoms with Gasteiger partial charge >= 0.3 is 0 Å². The van der Waals surface area contributed by atoms with Crippen LogP contribution in [0.25, 0.3) is 11.1 Å². The van der Waals surface area contributed by atoms with Gasteiger partial charge in [-0.1, -0.05) is 24.3 Å². The molecule has 1 amide bonds. The van der Waals surface area contributed by atoms with Crippen LogP contribution in [0, 0.1) is 0 Å². The standard InChI is InChI=1S/C22H27N3O2.2ClH/c1-27-21-7-3-5-18(15-21)17-4-2-6-19(14-17)22(26)25-12-10-24(11-13-25)20-8-9-23-16-20;;/h2-7,14-15,20,23H,8-13,16H2,1H3;2*1H. The van der Waals surface area contributed by atoms with Crippen molar-refractivity contribution < 1.29 is 9.53 Å². The number of nitrogens with zero attached hydrogens (tertiary/aromatic N) is 2. The molecule has 2 aliphatic rings. The first-order valence-electron chi connectivity index (χ1n) is 9.73. The topological polar surface area (TPSA) is 44.8 Å². The lowest BCUT2D eigenvalue weighted by Crippen LogP contribution is -2.52. The Balaban J connectivity index is 0.00000150. The number of methoxy groups -OCH3 is 1. The summed E-state index contributed by atoms with van der Waals surface area (Å²) in [5.74, 6) is 0.950. The normalized spacial score (nSPS) is 19.2. The van der Waals surface area contributed by atoms with E-state index in [1.807, 2.05) is 53.4 Å². The van der Waals surface area contributed by atoms with Gasteiger partial charge in [-0.15, -0.1) is 24.8 Å². The third-order valence-corrected chi connectivity index (χ3v) is 5.66. The van der Waals surface area contributed by atoms with Gasteiger partial charge in [0.15, 0.2) is 0 Å². The minimum Gasteiger partial charge on any atom is -0.497 e. The summed E-state index contributed by atoms with van der Waals surface area (Å²) in [7, 11) is 1.67. The van der Waals surface area contributed by atoms with E-state index < -0.39 is 0 Å². The van der Waals surface area contributed by atoms with Crippen molar-refractivity contribution in [2.75, 3.05) is 46.4 Å². The molecular weight excluding hydrogens is 409 g/mol. The molecule has 2 fully saturated rings. The zero-order valence-corrected chi connectivity index (χ0v) is 18.3. The molecule has 0 saturated carbocycles. The first-order valence-corrected chi connectivity index (χ1v) is 9.73. The van der Waals surface area contributed by atoms with E-state index in [0.717, 1.165) is 61.7 Å². The van der Waals surface area contributed by atoms with Crippen LogP contribution in [0.15, 0.2) is 48.5 Å². The third-order valence-electron chi connectivity index (χ3n) is 5.66. The number of halogens is 2. The molecule has 2 aromatic carbocycles. The summed E-state index contributed by atoms with van der Waals surface area (Å²) in [5, 5.41) is 3.43. The summed E-state index contributed by atoms with van der Waals surface area (Å²) in [6.07, 6.45) is 1.22. The molecule has 2 aliphatic heterocycles. The predicted molar refractivity (Wildman–Crippen MR) is 122 cm³/mol. The van der Waals surface area contributed by atoms with Gasteiger partial charge in [0.1, 0.15) is 5.75 Å². The number of carbonyl (C=O) groups excluding carboxylic acids is 1. The highest BCUT2D eigenvalue weighted by Crippen LogP contribution is 2.25. The van der Waals surface area contributed by atoms with Gasteiger partial charge in [0, 0.05) is 44.3 Å². The second-order valence-electron chi connectivity index (χ2n) is 7.29. The molecule has 29 heavy (non-hydrogen) atoms. The summed E-state index contributed by atoms with van der Waals surface area (Å²) < 4.78 is 5.32. The maximum atomic E-state index is 13.0. The molecule has 7 heteroatoms. The number of carbonyl (C=O) groups is 1. The van der Waals surface area contributed by atoms with Gasteiger partial charge in [0.2, 0.25) is 0 Å². The minimum absolute atomic E-state index is 0. The zero-order chi connectivity index (χ0) is 18.6. The smallest absolute Gasteiger partial charge is 0.253 e. The SMILES string of the molecule is COc1cccc(-c2cccc(C(=O)N3CCN(C4CCNC4)CC3)c2)c1.Cl.Cl. The van der Waals surface area contributed by atoms with E-state index in [1.165, 1.54) is 6.42 Å². The Morgan fingerprint density at radius 1 is 1.00 bits per heavy atom. The molecule has 0 aliphatic carbocycles. The molecule has 2 saturated heterocycles. The van der Waals surface area contributed by atoms with E-state index in [1.54, 1.807) is 7.11 Å². The van der Waals surface area contributed by atoms with Gasteiger partial charge in [-0.3, -0.25) is 9.69 Å². The van der Waals surface area contributed by atoms with Gasteiger partial charge < -0.3 is 15.0 Å². The molecule has 1 N–H and O–H groups in total. The summed E-state index contributed by atoms with van der Waals surface area (Å²) in [6.45, 7) is 5.73. The van der Waals surface area contributed by atoms with Crippen LogP contribution in [0.1, 0.15) is 16.8 Å². The molecule has 5 nitrogen and oxygen atoms in total. The van der Waals surface area contributed by atoms with Crippen LogP contribution in [0.3, 0.4) is 0 Å². The first kappa shape index (κ1) is 23.5. The Morgan fingerprint density at radius 2 is 1.69 bits per heavy atom. The van der Waals surface area contributed by atoms with Crippen molar-refractivity contribution in [2.45, 2.75) is 12.5 Å². The highest BCUT2D eigenvalue weighted by Gasteiger charge is 2.28. The second-order valence-corrected chi connectivity index (χ2v) is 7.29. The molecule has 2 aromatic rings. The number of benzene rings is 2. The second kappa shape index (κ2) is 10.8. The Hall–Kier alpha value is -1.79. The van der Waals surface area contributed by atoms with Crippen LogP contribution in [0.2, 0.25) is 0 Å². The lowest BCUT2D eigenvalue weighted by molar-refractivity contribution is 0.0584. The number of ether oxygens (including phenoxy) is 1. The fourth-order valence-corrected chi connectivity index (χ4v) is 4.06. The van der Waals surface area contributed by atoms with Gasteiger partial charge in [-0.05, 0) is 48.4 Å². The molecule has 0 radical (unpaired) electrons. The predicted octanol–water partition coefficient (Wildman–Crippen LogP) is 3.33. The van der Waals surface area contributed by atoms with E-state index in [-0.39, 0.29) is 30.7 Å². The summed E-state index contributed by atoms with van der Waals surface area (Å²) >= 11 is 0. The maximum Gasteiger partial charge on any atom is 0.253 e. The molecule has 1 atom stereocenters. The van der Waals surface area contributed by atoms with Crippen molar-refractivity contribution in [2.24, 2.45) is 0 Å². The van der Waals surface area contributed by atoms with Crippen LogP contribution in [0.5, 0.6) is 5.75 Å². The van der Waals surface area contributed by atoms with E-state index in [2.05, 4.69) is 10.2 Å². The van der Waals surface area contributed by atoms with E-state index in [0.29, 0.717) is 6.04 Å². The molecule has 0 bridgehead atoms. The largest absolute Gasteiger partial charge is 0.497 e. The van der Waals surface area contributed by atoms with Gasteiger partial charge in [-0.2, -0.15) is 0 Å². The number of amides is 1. The van der Waals surface area contributed by atoms with Crippen molar-refractivity contribution in [1.82, 2.24) is 15.1 Å². The minimum atomic E-state index is 0. The van der Waals surface area contributed by atoms with Crippen molar-refractivity contribution in [3.8, 4) is 16.9 Å². The van der Waals surface area contributed by atoms with Crippen LogP contribution in [-0.2, 0) is 0 Å². The average molecular weight is 438 g/mol. The van der Waals surface area contributed by atoms with Crippen LogP contribution in [-0.4, -0.2) is 68.1 Å². The zero-order valence-electron chi connectivity index (χ0n) is 16.7. The number of hydrogen-bond acceptors (Lipinski definition) is 4. The number of hydrogen-bond donors (Lipinski definition) is 1. The molecule has 2 heterocycles. The molecule has 0 aromatic heterocycles. The fraction of sp³-hybridized carbons (Fsp3) is 0.409. The Kier molecular flexibility index (Phi) is 8.78. The highest BCUT2D eigenvalue weighted by atomic mass is 35.5. The molecule has 4 rings (SSSR count). The van der Waals surface area contributed by atoms with Crippen LogP contribution < -0.4 is 10.1 Å². The number of nitrogens with one attached hydrogen (secondary N) is 1. The lowest BCUT2D eigenvalue weighted by Gasteiger charge is -2.37. The lowest BCUT2D eigenvalue weighted by atomic mass is 10.0. The monoisotopic (exact) mass is 437 g/mol. The number of rotatable bonds is 4. The third kappa shape index (κ3) is 5.43. The average Bonchev–Trinajstić information content (AvgIpc) is 3.28. The molecule has 1 unspecified atom stereocenters. The van der Waals surface area contributed by atoms with Crippen molar-refractivity contribution >= 4 is 30.7 Å². The Labute approximate surface area is 185 Å². The molecular formula is C22H29Cl2N3O2. The maximum absolute atomic E-state index is 13.0. The summed E-state index contributed by atoms with van der Waals surface area (Å²) in [5.41, 5.74) is 2.85. The van der Waals surface area contributed by atoms with E-state index in [9.17, 15) is 4.79 Å². The first-order chi connectivity index (χ1) is 13.2. The van der Waals surface area contributed by atoms with Crippen molar-refractivity contribution in [3.05, 3.63) is 54.1 Å². The van der Waals surface area contributed by atoms with Crippen LogP contribution in [0.4, 0.5) is 0 Å². The highest BCUT2D eigenvalue weighted by molar-refractivity contribution is 5.95. The quantitative estimate of drug-likeness (QED) is 0.796. The summed E-state index contributed by atoms with van der Waals surface area (Å²) in [4.78, 5) is 17.5. The van der Waals surface area contributed by atoms with Crippen molar-refractivity contribution in [3.63, 3.8) is 0 Å². The van der Waals surface area contributed by atoms with Gasteiger partial charge in [-0.25, -0.2) is 0 Å². The van der Waals surface area contributed by atoms with Gasteiger partial charge in [0.25, 0.3) is 5.91 Å². The van der Waals surface area contributed by atoms with E-state index in [4.69, 9.17) is 4.74 Å². The molecule has 158 valence electrons. The Morgan fingerprint density at radius 3 is 2.34 bits per heavy atom. The van der Waals surface area contributed by atoms with Crippen molar-refractivity contribution in [1.29, 1.82) is 0 Å².